The van der Waals surface area contributed by atoms with Crippen molar-refractivity contribution >= 4 is 5.91 Å². The highest BCUT2D eigenvalue weighted by molar-refractivity contribution is 5.95. The van der Waals surface area contributed by atoms with Crippen LogP contribution in [0.3, 0.4) is 0 Å². The van der Waals surface area contributed by atoms with Gasteiger partial charge in [-0.25, -0.2) is 0 Å². The molecule has 0 aliphatic carbocycles. The minimum absolute atomic E-state index is 0.000554. The van der Waals surface area contributed by atoms with Gasteiger partial charge in [-0.1, -0.05) is 30.3 Å². The molecule has 1 aromatic carbocycles. The number of hydrogen-bond acceptors (Lipinski definition) is 2. The van der Waals surface area contributed by atoms with Crippen molar-refractivity contribution in [3.05, 3.63) is 59.4 Å². The van der Waals surface area contributed by atoms with Crippen molar-refractivity contribution in [2.75, 3.05) is 13.1 Å². The molecule has 2 heterocycles. The third-order valence-corrected chi connectivity index (χ3v) is 4.06. The first kappa shape index (κ1) is 12.9. The zero-order valence-corrected chi connectivity index (χ0v) is 11.5. The van der Waals surface area contributed by atoms with E-state index in [0.717, 1.165) is 11.1 Å². The average Bonchev–Trinajstić information content (AvgIpc) is 3.05. The lowest BCUT2D eigenvalue weighted by atomic mass is 9.95. The SMILES string of the molecule is Cc1c[nH]cc1C(=O)N1C[C@@H](N)[C@H](c2ccccc2)C1. The third kappa shape index (κ3) is 2.23. The molecule has 1 aliphatic rings. The second-order valence-electron chi connectivity index (χ2n) is 5.44. The van der Waals surface area contributed by atoms with E-state index in [1.54, 1.807) is 6.20 Å². The molecule has 0 saturated carbocycles. The topological polar surface area (TPSA) is 62.1 Å². The van der Waals surface area contributed by atoms with Gasteiger partial charge in [-0.3, -0.25) is 4.79 Å². The second kappa shape index (κ2) is 5.13. The maximum Gasteiger partial charge on any atom is 0.255 e. The summed E-state index contributed by atoms with van der Waals surface area (Å²) in [6.07, 6.45) is 3.61. The molecule has 1 saturated heterocycles. The third-order valence-electron chi connectivity index (χ3n) is 4.06. The van der Waals surface area contributed by atoms with Crippen molar-refractivity contribution in [1.82, 2.24) is 9.88 Å². The molecule has 2 aromatic rings. The fourth-order valence-electron chi connectivity index (χ4n) is 2.89. The molecule has 0 radical (unpaired) electrons. The van der Waals surface area contributed by atoms with Gasteiger partial charge in [0.05, 0.1) is 5.56 Å². The Morgan fingerprint density at radius 1 is 1.25 bits per heavy atom. The largest absolute Gasteiger partial charge is 0.367 e. The summed E-state index contributed by atoms with van der Waals surface area (Å²) in [4.78, 5) is 17.3. The van der Waals surface area contributed by atoms with E-state index in [0.29, 0.717) is 13.1 Å². The molecule has 4 heteroatoms. The highest BCUT2D eigenvalue weighted by atomic mass is 16.2. The number of rotatable bonds is 2. The van der Waals surface area contributed by atoms with Gasteiger partial charge >= 0.3 is 0 Å². The number of nitrogens with one attached hydrogen (secondary N) is 1. The summed E-state index contributed by atoms with van der Waals surface area (Å²) in [5, 5.41) is 0. The normalized spacial score (nSPS) is 22.2. The Labute approximate surface area is 118 Å². The van der Waals surface area contributed by atoms with Crippen LogP contribution in [0.25, 0.3) is 0 Å². The number of amides is 1. The number of benzene rings is 1. The predicted octanol–water partition coefficient (Wildman–Crippen LogP) is 1.89. The summed E-state index contributed by atoms with van der Waals surface area (Å²) in [5.74, 6) is 0.289. The summed E-state index contributed by atoms with van der Waals surface area (Å²) in [6, 6.07) is 10.2. The van der Waals surface area contributed by atoms with Gasteiger partial charge in [-0.15, -0.1) is 0 Å². The van der Waals surface area contributed by atoms with Crippen LogP contribution in [0.2, 0.25) is 0 Å². The molecule has 1 aromatic heterocycles. The monoisotopic (exact) mass is 269 g/mol. The molecule has 3 rings (SSSR count). The Bertz CT molecular complexity index is 605. The number of aromatic nitrogens is 1. The smallest absolute Gasteiger partial charge is 0.255 e. The zero-order chi connectivity index (χ0) is 14.1. The van der Waals surface area contributed by atoms with Gasteiger partial charge in [0.1, 0.15) is 0 Å². The van der Waals surface area contributed by atoms with Crippen LogP contribution >= 0.6 is 0 Å². The van der Waals surface area contributed by atoms with E-state index >= 15 is 0 Å². The number of aromatic amines is 1. The fraction of sp³-hybridized carbons (Fsp3) is 0.312. The molecule has 1 aliphatic heterocycles. The maximum absolute atomic E-state index is 12.5. The van der Waals surface area contributed by atoms with E-state index in [-0.39, 0.29) is 17.9 Å². The van der Waals surface area contributed by atoms with Gasteiger partial charge in [0.2, 0.25) is 0 Å². The standard InChI is InChI=1S/C16H19N3O/c1-11-7-18-8-13(11)16(20)19-9-14(15(17)10-19)12-5-3-2-4-6-12/h2-8,14-15,18H,9-10,17H2,1H3/t14-,15+/m0/s1. The zero-order valence-electron chi connectivity index (χ0n) is 11.5. The van der Waals surface area contributed by atoms with Crippen LogP contribution < -0.4 is 5.73 Å². The van der Waals surface area contributed by atoms with Crippen LogP contribution in [0, 0.1) is 6.92 Å². The van der Waals surface area contributed by atoms with Crippen molar-refractivity contribution in [3.8, 4) is 0 Å². The lowest BCUT2D eigenvalue weighted by molar-refractivity contribution is 0.0788. The van der Waals surface area contributed by atoms with Crippen molar-refractivity contribution in [2.45, 2.75) is 18.9 Å². The van der Waals surface area contributed by atoms with Crippen LogP contribution in [0.1, 0.15) is 27.4 Å². The molecule has 0 unspecified atom stereocenters. The molecule has 1 fully saturated rings. The summed E-state index contributed by atoms with van der Waals surface area (Å²) in [6.45, 7) is 3.24. The summed E-state index contributed by atoms with van der Waals surface area (Å²) in [5.41, 5.74) is 9.16. The van der Waals surface area contributed by atoms with Gasteiger partial charge in [0.25, 0.3) is 5.91 Å². The lowest BCUT2D eigenvalue weighted by Crippen LogP contribution is -2.32. The first-order chi connectivity index (χ1) is 9.66. The molecule has 104 valence electrons. The minimum Gasteiger partial charge on any atom is -0.367 e. The van der Waals surface area contributed by atoms with Crippen LogP contribution in [0.5, 0.6) is 0 Å². The van der Waals surface area contributed by atoms with Crippen LogP contribution in [-0.4, -0.2) is 34.9 Å². The number of carbonyl (C=O) groups is 1. The molecule has 20 heavy (non-hydrogen) atoms. The summed E-state index contributed by atoms with van der Waals surface area (Å²) >= 11 is 0. The van der Waals surface area contributed by atoms with Gasteiger partial charge in [-0.2, -0.15) is 0 Å². The van der Waals surface area contributed by atoms with Crippen LogP contribution in [-0.2, 0) is 0 Å². The van der Waals surface area contributed by atoms with Crippen molar-refractivity contribution in [2.24, 2.45) is 5.73 Å². The van der Waals surface area contributed by atoms with E-state index in [1.165, 1.54) is 5.56 Å². The van der Waals surface area contributed by atoms with Gasteiger partial charge in [-0.05, 0) is 18.1 Å². The molecule has 1 amide bonds. The molecular weight excluding hydrogens is 250 g/mol. The van der Waals surface area contributed by atoms with E-state index in [2.05, 4.69) is 17.1 Å². The number of carbonyl (C=O) groups excluding carboxylic acids is 1. The van der Waals surface area contributed by atoms with Crippen molar-refractivity contribution in [3.63, 3.8) is 0 Å². The molecule has 3 N–H and O–H groups in total. The molecule has 0 spiro atoms. The fourth-order valence-corrected chi connectivity index (χ4v) is 2.89. The number of hydrogen-bond donors (Lipinski definition) is 2. The first-order valence-electron chi connectivity index (χ1n) is 6.90. The summed E-state index contributed by atoms with van der Waals surface area (Å²) in [7, 11) is 0. The average molecular weight is 269 g/mol. The van der Waals surface area contributed by atoms with Crippen molar-refractivity contribution in [1.29, 1.82) is 0 Å². The molecule has 4 nitrogen and oxygen atoms in total. The van der Waals surface area contributed by atoms with E-state index < -0.39 is 0 Å². The number of aryl methyl sites for hydroxylation is 1. The Balaban J connectivity index is 1.79. The number of H-pyrrole nitrogens is 1. The van der Waals surface area contributed by atoms with Gasteiger partial charge in [0, 0.05) is 37.4 Å². The molecule has 0 bridgehead atoms. The summed E-state index contributed by atoms with van der Waals surface area (Å²) < 4.78 is 0. The predicted molar refractivity (Wildman–Crippen MR) is 78.6 cm³/mol. The maximum atomic E-state index is 12.5. The number of nitrogens with two attached hydrogens (primary N) is 1. The Morgan fingerprint density at radius 2 is 2.00 bits per heavy atom. The highest BCUT2D eigenvalue weighted by Crippen LogP contribution is 2.27. The van der Waals surface area contributed by atoms with Crippen LogP contribution in [0.15, 0.2) is 42.7 Å². The first-order valence-corrected chi connectivity index (χ1v) is 6.90. The number of likely N-dealkylation sites (tertiary alicyclic amines) is 1. The minimum atomic E-state index is 0.000554. The molecular formula is C16H19N3O. The lowest BCUT2D eigenvalue weighted by Gasteiger charge is -2.16. The quantitative estimate of drug-likeness (QED) is 0.874. The van der Waals surface area contributed by atoms with E-state index in [4.69, 9.17) is 5.73 Å². The highest BCUT2D eigenvalue weighted by Gasteiger charge is 2.34. The second-order valence-corrected chi connectivity index (χ2v) is 5.44. The van der Waals surface area contributed by atoms with Gasteiger partial charge < -0.3 is 15.6 Å². The van der Waals surface area contributed by atoms with E-state index in [9.17, 15) is 4.79 Å². The Morgan fingerprint density at radius 3 is 2.65 bits per heavy atom. The van der Waals surface area contributed by atoms with Gasteiger partial charge in [0.15, 0.2) is 0 Å². The van der Waals surface area contributed by atoms with Crippen molar-refractivity contribution < 1.29 is 4.79 Å². The Hall–Kier alpha value is -2.07. The van der Waals surface area contributed by atoms with E-state index in [1.807, 2.05) is 36.2 Å². The Kier molecular flexibility index (Phi) is 3.32. The van der Waals surface area contributed by atoms with Crippen LogP contribution in [0.4, 0.5) is 0 Å². The number of nitrogens with zero attached hydrogens (tertiary/aromatic N) is 1. The molecule has 2 atom stereocenters.